The van der Waals surface area contributed by atoms with E-state index >= 15 is 0 Å². The molecule has 0 amide bonds. The van der Waals surface area contributed by atoms with Crippen LogP contribution in [0.15, 0.2) is 69.1 Å². The van der Waals surface area contributed by atoms with Crippen LogP contribution in [-0.4, -0.2) is 46.3 Å². The number of carbonyl (C=O) groups is 3. The molecule has 170 valence electrons. The first-order valence-electron chi connectivity index (χ1n) is 10.7. The molecular weight excluding hydrogens is 430 g/mol. The average Bonchev–Trinajstić information content (AvgIpc) is 3.06. The summed E-state index contributed by atoms with van der Waals surface area (Å²) in [5.74, 6) is -1.54. The van der Waals surface area contributed by atoms with E-state index in [1.165, 1.54) is 6.92 Å². The van der Waals surface area contributed by atoms with Gasteiger partial charge in [0.05, 0.1) is 11.6 Å². The van der Waals surface area contributed by atoms with Gasteiger partial charge in [-0.1, -0.05) is 44.0 Å². The van der Waals surface area contributed by atoms with E-state index < -0.39 is 23.1 Å². The van der Waals surface area contributed by atoms with Crippen molar-refractivity contribution in [1.82, 2.24) is 4.90 Å². The van der Waals surface area contributed by atoms with E-state index in [9.17, 15) is 19.5 Å². The summed E-state index contributed by atoms with van der Waals surface area (Å²) in [7, 11) is 0. The first kappa shape index (κ1) is 24.0. The minimum Gasteiger partial charge on any atom is -0.442 e. The lowest BCUT2D eigenvalue weighted by Gasteiger charge is -2.36. The number of Topliss-reactive ketones (excluding diaryl/α,β-unsaturated/α-hetero) is 2. The molecule has 0 fully saturated rings. The van der Waals surface area contributed by atoms with Gasteiger partial charge in [-0.15, -0.1) is 0 Å². The van der Waals surface area contributed by atoms with E-state index in [2.05, 4.69) is 13.8 Å². The normalized spacial score (nSPS) is 24.5. The summed E-state index contributed by atoms with van der Waals surface area (Å²) in [5.41, 5.74) is 0.428. The van der Waals surface area contributed by atoms with Crippen LogP contribution >= 0.6 is 11.6 Å². The van der Waals surface area contributed by atoms with Crippen molar-refractivity contribution in [2.45, 2.75) is 46.6 Å². The van der Waals surface area contributed by atoms with Gasteiger partial charge in [-0.3, -0.25) is 9.59 Å². The standard InChI is InChI=1S/C25H28ClNO5/c1-6-14(3)8-9-16-12-17-18(13-27(16)10-11-28)20-19(22(29)15(4)7-2)24(31)32-25(20,5)23(30)21(17)26/h7-9,12-14,28H,6,10-11H2,1-5H3/t14-,25+/m1/s1. The Hall–Kier alpha value is -2.70. The topological polar surface area (TPSA) is 83.9 Å². The predicted octanol–water partition coefficient (Wildman–Crippen LogP) is 3.89. The summed E-state index contributed by atoms with van der Waals surface area (Å²) in [6.07, 6.45) is 10.0. The fourth-order valence-electron chi connectivity index (χ4n) is 3.88. The van der Waals surface area contributed by atoms with Crippen molar-refractivity contribution in [3.05, 3.63) is 69.1 Å². The Morgan fingerprint density at radius 2 is 2.06 bits per heavy atom. The Balaban J connectivity index is 2.27. The molecule has 1 aliphatic carbocycles. The Labute approximate surface area is 193 Å². The van der Waals surface area contributed by atoms with Crippen molar-refractivity contribution in [2.24, 2.45) is 5.92 Å². The number of halogens is 1. The second-order valence-electron chi connectivity index (χ2n) is 8.30. The molecule has 3 rings (SSSR count). The molecule has 1 N–H and O–H groups in total. The molecule has 2 heterocycles. The molecule has 0 aromatic carbocycles. The fourth-order valence-corrected chi connectivity index (χ4v) is 4.22. The molecule has 0 aromatic rings. The Bertz CT molecular complexity index is 1070. The van der Waals surface area contributed by atoms with Crippen LogP contribution in [-0.2, 0) is 19.1 Å². The SMILES string of the molecule is CC=C(C)C(=O)C1=C2C3=CN(CCO)C(C=C[C@H](C)CC)=CC3=C(Cl)C(=O)[C@@]2(C)OC1=O. The van der Waals surface area contributed by atoms with Gasteiger partial charge in [-0.05, 0) is 44.4 Å². The molecule has 2 aliphatic heterocycles. The van der Waals surface area contributed by atoms with Gasteiger partial charge in [-0.2, -0.15) is 0 Å². The predicted molar refractivity (Wildman–Crippen MR) is 122 cm³/mol. The monoisotopic (exact) mass is 457 g/mol. The number of rotatable bonds is 7. The number of allylic oxidation sites excluding steroid dienone is 6. The molecule has 0 radical (unpaired) electrons. The number of aliphatic hydroxyl groups excluding tert-OH is 1. The number of β-amino-alcohol motifs (C(OH)–C–C–N with tert-alkyl or cyclic N) is 1. The van der Waals surface area contributed by atoms with Crippen molar-refractivity contribution in [3.8, 4) is 0 Å². The largest absolute Gasteiger partial charge is 0.442 e. The van der Waals surface area contributed by atoms with Crippen molar-refractivity contribution in [2.75, 3.05) is 13.2 Å². The van der Waals surface area contributed by atoms with Crippen LogP contribution in [0.5, 0.6) is 0 Å². The highest BCUT2D eigenvalue weighted by Gasteiger charge is 2.57. The minimum absolute atomic E-state index is 0.0511. The highest BCUT2D eigenvalue weighted by molar-refractivity contribution is 6.46. The number of ether oxygens (including phenoxy) is 1. The van der Waals surface area contributed by atoms with E-state index in [-0.39, 0.29) is 29.3 Å². The van der Waals surface area contributed by atoms with E-state index in [0.717, 1.165) is 12.1 Å². The van der Waals surface area contributed by atoms with E-state index in [1.54, 1.807) is 32.2 Å². The number of hydrogen-bond acceptors (Lipinski definition) is 6. The minimum atomic E-state index is -1.68. The molecule has 3 aliphatic rings. The first-order valence-corrected chi connectivity index (χ1v) is 11.1. The van der Waals surface area contributed by atoms with E-state index in [4.69, 9.17) is 16.3 Å². The van der Waals surface area contributed by atoms with Gasteiger partial charge in [0.15, 0.2) is 11.4 Å². The third-order valence-electron chi connectivity index (χ3n) is 6.16. The molecule has 6 nitrogen and oxygen atoms in total. The molecular formula is C25H28ClNO5. The Morgan fingerprint density at radius 3 is 2.66 bits per heavy atom. The molecule has 2 atom stereocenters. The summed E-state index contributed by atoms with van der Waals surface area (Å²) in [6.45, 7) is 9.13. The molecule has 7 heteroatoms. The van der Waals surface area contributed by atoms with Crippen LogP contribution in [0.25, 0.3) is 0 Å². The van der Waals surface area contributed by atoms with Gasteiger partial charge < -0.3 is 14.7 Å². The number of nitrogens with zero attached hydrogens (tertiary/aromatic N) is 1. The maximum Gasteiger partial charge on any atom is 0.343 e. The van der Waals surface area contributed by atoms with Crippen LogP contribution < -0.4 is 0 Å². The quantitative estimate of drug-likeness (QED) is 0.355. The lowest BCUT2D eigenvalue weighted by atomic mass is 9.74. The summed E-state index contributed by atoms with van der Waals surface area (Å²) < 4.78 is 5.46. The second-order valence-corrected chi connectivity index (χ2v) is 8.68. The summed E-state index contributed by atoms with van der Waals surface area (Å²) in [5, 5.41) is 9.56. The first-order chi connectivity index (χ1) is 15.1. The average molecular weight is 458 g/mol. The fraction of sp³-hybridized carbons (Fsp3) is 0.400. The van der Waals surface area contributed by atoms with Gasteiger partial charge in [0.1, 0.15) is 5.57 Å². The smallest absolute Gasteiger partial charge is 0.343 e. The Kier molecular flexibility index (Phi) is 6.77. The van der Waals surface area contributed by atoms with E-state index in [1.807, 2.05) is 17.1 Å². The molecule has 0 saturated carbocycles. The lowest BCUT2D eigenvalue weighted by molar-refractivity contribution is -0.153. The van der Waals surface area contributed by atoms with Crippen molar-refractivity contribution in [3.63, 3.8) is 0 Å². The van der Waals surface area contributed by atoms with Gasteiger partial charge in [-0.25, -0.2) is 4.79 Å². The van der Waals surface area contributed by atoms with Crippen LogP contribution in [0.2, 0.25) is 0 Å². The Morgan fingerprint density at radius 1 is 1.38 bits per heavy atom. The van der Waals surface area contributed by atoms with Crippen LogP contribution in [0, 0.1) is 5.92 Å². The summed E-state index contributed by atoms with van der Waals surface area (Å²) in [6, 6.07) is 0. The lowest BCUT2D eigenvalue weighted by Crippen LogP contribution is -2.43. The van der Waals surface area contributed by atoms with Crippen molar-refractivity contribution < 1.29 is 24.2 Å². The zero-order valence-corrected chi connectivity index (χ0v) is 19.7. The molecule has 0 bridgehead atoms. The second kappa shape index (κ2) is 9.04. The van der Waals surface area contributed by atoms with Gasteiger partial charge in [0, 0.05) is 35.2 Å². The molecule has 32 heavy (non-hydrogen) atoms. The number of carbonyl (C=O) groups excluding carboxylic acids is 3. The van der Waals surface area contributed by atoms with Gasteiger partial charge >= 0.3 is 5.97 Å². The zero-order chi connectivity index (χ0) is 23.8. The third kappa shape index (κ3) is 3.82. The molecule has 0 saturated heterocycles. The third-order valence-corrected chi connectivity index (χ3v) is 6.54. The van der Waals surface area contributed by atoms with Crippen molar-refractivity contribution in [1.29, 1.82) is 0 Å². The van der Waals surface area contributed by atoms with Crippen LogP contribution in [0.1, 0.15) is 41.0 Å². The number of hydrogen-bond donors (Lipinski definition) is 1. The summed E-state index contributed by atoms with van der Waals surface area (Å²) in [4.78, 5) is 40.8. The van der Waals surface area contributed by atoms with Crippen LogP contribution in [0.3, 0.4) is 0 Å². The number of aliphatic hydroxyl groups is 1. The highest BCUT2D eigenvalue weighted by Crippen LogP contribution is 2.50. The van der Waals surface area contributed by atoms with E-state index in [0.29, 0.717) is 22.6 Å². The highest BCUT2D eigenvalue weighted by atomic mass is 35.5. The number of fused-ring (bicyclic) bond motifs is 3. The maximum absolute atomic E-state index is 13.2. The van der Waals surface area contributed by atoms with Gasteiger partial charge in [0.2, 0.25) is 5.78 Å². The summed E-state index contributed by atoms with van der Waals surface area (Å²) >= 11 is 6.48. The van der Waals surface area contributed by atoms with Crippen molar-refractivity contribution >= 4 is 29.1 Å². The number of ketones is 2. The van der Waals surface area contributed by atoms with Crippen LogP contribution in [0.4, 0.5) is 0 Å². The molecule has 0 spiro atoms. The maximum atomic E-state index is 13.2. The molecule has 0 aromatic heterocycles. The van der Waals surface area contributed by atoms with Gasteiger partial charge in [0.25, 0.3) is 0 Å². The zero-order valence-electron chi connectivity index (χ0n) is 19.0. The molecule has 0 unspecified atom stereocenters. The number of esters is 1.